The summed E-state index contributed by atoms with van der Waals surface area (Å²) in [7, 11) is 0. The van der Waals surface area contributed by atoms with Gasteiger partial charge in [-0.1, -0.05) is 32.6 Å². The van der Waals surface area contributed by atoms with Crippen LogP contribution >= 0.6 is 0 Å². The summed E-state index contributed by atoms with van der Waals surface area (Å²) in [5, 5.41) is 0. The lowest BCUT2D eigenvalue weighted by atomic mass is 9.98. The molecule has 0 bridgehead atoms. The third kappa shape index (κ3) is 3.76. The van der Waals surface area contributed by atoms with Gasteiger partial charge in [0.15, 0.2) is 0 Å². The second-order valence-electron chi connectivity index (χ2n) is 3.30. The highest BCUT2D eigenvalue weighted by molar-refractivity contribution is 4.81. The number of ether oxygens (including phenoxy) is 1. The zero-order valence-corrected chi connectivity index (χ0v) is 7.57. The van der Waals surface area contributed by atoms with Gasteiger partial charge in [-0.25, -0.2) is 0 Å². The van der Waals surface area contributed by atoms with Crippen LogP contribution in [0.5, 0.6) is 0 Å². The first-order valence-electron chi connectivity index (χ1n) is 4.91. The molecule has 0 N–H and O–H groups in total. The summed E-state index contributed by atoms with van der Waals surface area (Å²) in [6.07, 6.45) is 10.4. The van der Waals surface area contributed by atoms with Gasteiger partial charge in [0, 0.05) is 6.61 Å². The molecule has 0 aromatic rings. The van der Waals surface area contributed by atoms with Crippen molar-refractivity contribution >= 4 is 0 Å². The highest BCUT2D eigenvalue weighted by Gasteiger charge is 2.13. The van der Waals surface area contributed by atoms with Crippen LogP contribution in [-0.4, -0.2) is 6.61 Å². The Morgan fingerprint density at radius 2 is 1.91 bits per heavy atom. The van der Waals surface area contributed by atoms with Gasteiger partial charge in [0.05, 0.1) is 6.10 Å². The maximum Gasteiger partial charge on any atom is 0.0970 e. The minimum Gasteiger partial charge on any atom is -0.372 e. The molecular weight excluding hydrogens is 136 g/mol. The number of unbranched alkanes of at least 4 members (excludes halogenated alkanes) is 1. The quantitative estimate of drug-likeness (QED) is 0.566. The molecule has 1 fully saturated rings. The summed E-state index contributed by atoms with van der Waals surface area (Å²) in [6, 6.07) is 0. The smallest absolute Gasteiger partial charge is 0.0970 e. The maximum absolute atomic E-state index is 5.64. The van der Waals surface area contributed by atoms with Crippen molar-refractivity contribution in [1.82, 2.24) is 0 Å². The third-order valence-electron chi connectivity index (χ3n) is 2.22. The molecule has 1 heteroatoms. The summed E-state index contributed by atoms with van der Waals surface area (Å²) in [6.45, 7) is 3.15. The summed E-state index contributed by atoms with van der Waals surface area (Å²) in [5.74, 6) is 0. The van der Waals surface area contributed by atoms with E-state index in [1.165, 1.54) is 51.0 Å². The molecule has 0 aliphatic heterocycles. The average molecular weight is 155 g/mol. The second kappa shape index (κ2) is 5.59. The van der Waals surface area contributed by atoms with Gasteiger partial charge in [-0.05, 0) is 19.3 Å². The van der Waals surface area contributed by atoms with E-state index in [0.717, 1.165) is 6.61 Å². The van der Waals surface area contributed by atoms with Gasteiger partial charge in [-0.2, -0.15) is 0 Å². The largest absolute Gasteiger partial charge is 0.372 e. The van der Waals surface area contributed by atoms with Gasteiger partial charge in [0.25, 0.3) is 0 Å². The fourth-order valence-electron chi connectivity index (χ4n) is 1.45. The van der Waals surface area contributed by atoms with E-state index in [1.54, 1.807) is 0 Å². The molecule has 1 rings (SSSR count). The molecule has 1 aliphatic carbocycles. The van der Waals surface area contributed by atoms with Crippen LogP contribution in [0.1, 0.15) is 51.9 Å². The first kappa shape index (κ1) is 9.05. The van der Waals surface area contributed by atoms with Crippen LogP contribution in [0.4, 0.5) is 0 Å². The molecule has 0 saturated heterocycles. The Bertz CT molecular complexity index is 84.9. The molecule has 1 saturated carbocycles. The van der Waals surface area contributed by atoms with Gasteiger partial charge in [-0.15, -0.1) is 0 Å². The van der Waals surface area contributed by atoms with E-state index in [4.69, 9.17) is 4.74 Å². The molecular formula is C10H19O. The fraction of sp³-hybridized carbons (Fsp3) is 0.900. The molecule has 1 nitrogen and oxygen atoms in total. The Morgan fingerprint density at radius 1 is 1.18 bits per heavy atom. The lowest BCUT2D eigenvalue weighted by Gasteiger charge is -2.20. The molecule has 0 aromatic heterocycles. The van der Waals surface area contributed by atoms with Crippen molar-refractivity contribution < 1.29 is 4.74 Å². The Morgan fingerprint density at radius 3 is 2.55 bits per heavy atom. The van der Waals surface area contributed by atoms with Crippen molar-refractivity contribution in [1.29, 1.82) is 0 Å². The lowest BCUT2D eigenvalue weighted by Crippen LogP contribution is -2.08. The van der Waals surface area contributed by atoms with E-state index in [0.29, 0.717) is 0 Å². The van der Waals surface area contributed by atoms with Gasteiger partial charge in [-0.3, -0.25) is 0 Å². The Kier molecular flexibility index (Phi) is 4.60. The SMILES string of the molecule is CCCCO[C]1CCCCC1. The fourth-order valence-corrected chi connectivity index (χ4v) is 1.45. The number of rotatable bonds is 4. The monoisotopic (exact) mass is 155 g/mol. The van der Waals surface area contributed by atoms with Gasteiger partial charge < -0.3 is 4.74 Å². The molecule has 0 unspecified atom stereocenters. The highest BCUT2D eigenvalue weighted by Crippen LogP contribution is 2.26. The van der Waals surface area contributed by atoms with Gasteiger partial charge in [0.1, 0.15) is 0 Å². The van der Waals surface area contributed by atoms with Gasteiger partial charge in [0.2, 0.25) is 0 Å². The molecule has 0 atom stereocenters. The summed E-state index contributed by atoms with van der Waals surface area (Å²) in [5.41, 5.74) is 0. The first-order chi connectivity index (χ1) is 5.43. The molecule has 0 amide bonds. The summed E-state index contributed by atoms with van der Waals surface area (Å²) >= 11 is 0. The zero-order chi connectivity index (χ0) is 7.94. The number of hydrogen-bond donors (Lipinski definition) is 0. The Hall–Kier alpha value is -0.0400. The second-order valence-corrected chi connectivity index (χ2v) is 3.30. The number of hydrogen-bond acceptors (Lipinski definition) is 1. The molecule has 0 heterocycles. The van der Waals surface area contributed by atoms with E-state index in [-0.39, 0.29) is 0 Å². The zero-order valence-electron chi connectivity index (χ0n) is 7.57. The van der Waals surface area contributed by atoms with Crippen molar-refractivity contribution in [3.8, 4) is 0 Å². The van der Waals surface area contributed by atoms with Gasteiger partial charge >= 0.3 is 0 Å². The molecule has 11 heavy (non-hydrogen) atoms. The van der Waals surface area contributed by atoms with E-state index in [1.807, 2.05) is 0 Å². The maximum atomic E-state index is 5.64. The normalized spacial score (nSPS) is 20.5. The van der Waals surface area contributed by atoms with Crippen molar-refractivity contribution in [3.05, 3.63) is 6.10 Å². The van der Waals surface area contributed by atoms with Crippen LogP contribution < -0.4 is 0 Å². The van der Waals surface area contributed by atoms with Crippen LogP contribution in [0.15, 0.2) is 0 Å². The Labute approximate surface area is 70.1 Å². The van der Waals surface area contributed by atoms with E-state index in [9.17, 15) is 0 Å². The Balaban J connectivity index is 1.96. The van der Waals surface area contributed by atoms with Crippen LogP contribution in [0.2, 0.25) is 0 Å². The minimum atomic E-state index is 0.950. The molecule has 65 valence electrons. The average Bonchev–Trinajstić information content (AvgIpc) is 2.07. The van der Waals surface area contributed by atoms with Crippen molar-refractivity contribution in [3.63, 3.8) is 0 Å². The van der Waals surface area contributed by atoms with Crippen molar-refractivity contribution in [2.75, 3.05) is 6.61 Å². The topological polar surface area (TPSA) is 9.23 Å². The van der Waals surface area contributed by atoms with E-state index in [2.05, 4.69) is 6.92 Å². The standard InChI is InChI=1S/C10H19O/c1-2-3-9-11-10-7-5-4-6-8-10/h2-9H2,1H3. The van der Waals surface area contributed by atoms with Crippen LogP contribution in [0, 0.1) is 6.10 Å². The third-order valence-corrected chi connectivity index (χ3v) is 2.22. The van der Waals surface area contributed by atoms with Crippen LogP contribution in [-0.2, 0) is 4.74 Å². The first-order valence-corrected chi connectivity index (χ1v) is 4.91. The minimum absolute atomic E-state index is 0.950. The molecule has 0 spiro atoms. The predicted octanol–water partition coefficient (Wildman–Crippen LogP) is 3.30. The van der Waals surface area contributed by atoms with Crippen LogP contribution in [0.3, 0.4) is 0 Å². The van der Waals surface area contributed by atoms with Crippen molar-refractivity contribution in [2.24, 2.45) is 0 Å². The van der Waals surface area contributed by atoms with Crippen LogP contribution in [0.25, 0.3) is 0 Å². The summed E-state index contributed by atoms with van der Waals surface area (Å²) < 4.78 is 5.64. The van der Waals surface area contributed by atoms with E-state index < -0.39 is 0 Å². The molecule has 1 radical (unpaired) electrons. The van der Waals surface area contributed by atoms with Crippen molar-refractivity contribution in [2.45, 2.75) is 51.9 Å². The predicted molar refractivity (Wildman–Crippen MR) is 47.2 cm³/mol. The molecule has 1 aliphatic rings. The van der Waals surface area contributed by atoms with E-state index >= 15 is 0 Å². The lowest BCUT2D eigenvalue weighted by molar-refractivity contribution is 0.111. The summed E-state index contributed by atoms with van der Waals surface area (Å²) in [4.78, 5) is 0. The highest BCUT2D eigenvalue weighted by atomic mass is 16.5. The molecule has 0 aromatic carbocycles.